The molecule has 1 aromatic rings. The topological polar surface area (TPSA) is 18.5 Å². The van der Waals surface area contributed by atoms with Gasteiger partial charge in [0.05, 0.1) is 0 Å². The summed E-state index contributed by atoms with van der Waals surface area (Å²) in [7, 11) is 0. The number of alkyl halides is 6. The van der Waals surface area contributed by atoms with Gasteiger partial charge in [-0.3, -0.25) is 0 Å². The van der Waals surface area contributed by atoms with Crippen molar-refractivity contribution in [1.82, 2.24) is 0 Å². The first kappa shape index (κ1) is 22.4. The number of ether oxygens (including phenoxy) is 2. The highest BCUT2D eigenvalue weighted by Crippen LogP contribution is 2.42. The molecule has 0 spiro atoms. The van der Waals surface area contributed by atoms with Crippen LogP contribution in [0.4, 0.5) is 26.3 Å². The van der Waals surface area contributed by atoms with Gasteiger partial charge in [-0.25, -0.2) is 0 Å². The van der Waals surface area contributed by atoms with Crippen LogP contribution >= 0.6 is 0 Å². The maximum atomic E-state index is 12.6. The highest BCUT2D eigenvalue weighted by atomic mass is 19.4. The molecular formula is C18H24F6O2. The SMILES string of the molecule is CC(C)(C)c1cc(OCC(F)(F)F)c(C(C)(C)C)cc1OCC(F)(F)F. The summed E-state index contributed by atoms with van der Waals surface area (Å²) in [5, 5.41) is 0. The van der Waals surface area contributed by atoms with Crippen LogP contribution in [0.15, 0.2) is 12.1 Å². The van der Waals surface area contributed by atoms with Crippen LogP contribution in [-0.2, 0) is 10.8 Å². The van der Waals surface area contributed by atoms with Crippen LogP contribution in [0.3, 0.4) is 0 Å². The van der Waals surface area contributed by atoms with Crippen molar-refractivity contribution >= 4 is 0 Å². The molecule has 0 amide bonds. The van der Waals surface area contributed by atoms with Crippen molar-refractivity contribution in [2.45, 2.75) is 64.7 Å². The van der Waals surface area contributed by atoms with Gasteiger partial charge in [0.1, 0.15) is 11.5 Å². The van der Waals surface area contributed by atoms with Gasteiger partial charge in [0.2, 0.25) is 0 Å². The monoisotopic (exact) mass is 386 g/mol. The normalized spacial score (nSPS) is 13.7. The van der Waals surface area contributed by atoms with Crippen LogP contribution in [0.2, 0.25) is 0 Å². The van der Waals surface area contributed by atoms with Gasteiger partial charge < -0.3 is 9.47 Å². The first-order valence-electron chi connectivity index (χ1n) is 7.98. The molecule has 0 heterocycles. The number of hydrogen-bond acceptors (Lipinski definition) is 2. The molecule has 8 heteroatoms. The Labute approximate surface area is 149 Å². The Morgan fingerprint density at radius 2 is 0.885 bits per heavy atom. The van der Waals surface area contributed by atoms with Crippen molar-refractivity contribution in [3.05, 3.63) is 23.3 Å². The fraction of sp³-hybridized carbons (Fsp3) is 0.667. The first-order chi connectivity index (χ1) is 11.4. The molecule has 0 aromatic heterocycles. The Morgan fingerprint density at radius 1 is 0.615 bits per heavy atom. The zero-order valence-electron chi connectivity index (χ0n) is 15.7. The van der Waals surface area contributed by atoms with E-state index in [4.69, 9.17) is 9.47 Å². The van der Waals surface area contributed by atoms with E-state index in [0.717, 1.165) is 0 Å². The van der Waals surface area contributed by atoms with Crippen LogP contribution in [0.5, 0.6) is 11.5 Å². The average Bonchev–Trinajstić information content (AvgIpc) is 2.38. The van der Waals surface area contributed by atoms with E-state index in [0.29, 0.717) is 11.1 Å². The van der Waals surface area contributed by atoms with Gasteiger partial charge in [-0.15, -0.1) is 0 Å². The predicted octanol–water partition coefficient (Wildman–Crippen LogP) is 6.16. The van der Waals surface area contributed by atoms with Gasteiger partial charge in [0, 0.05) is 11.1 Å². The highest BCUT2D eigenvalue weighted by molar-refractivity contribution is 5.51. The quantitative estimate of drug-likeness (QED) is 0.577. The molecule has 0 atom stereocenters. The van der Waals surface area contributed by atoms with Crippen LogP contribution in [0.1, 0.15) is 52.7 Å². The van der Waals surface area contributed by atoms with E-state index in [1.165, 1.54) is 12.1 Å². The zero-order chi connectivity index (χ0) is 20.6. The minimum atomic E-state index is -4.53. The number of rotatable bonds is 4. The summed E-state index contributed by atoms with van der Waals surface area (Å²) in [4.78, 5) is 0. The Kier molecular flexibility index (Phi) is 6.21. The van der Waals surface area contributed by atoms with Crippen molar-refractivity contribution in [1.29, 1.82) is 0 Å². The molecular weight excluding hydrogens is 362 g/mol. The number of halogens is 6. The lowest BCUT2D eigenvalue weighted by atomic mass is 9.81. The Balaban J connectivity index is 3.46. The summed E-state index contributed by atoms with van der Waals surface area (Å²) in [6, 6.07) is 2.69. The zero-order valence-corrected chi connectivity index (χ0v) is 15.7. The summed E-state index contributed by atoms with van der Waals surface area (Å²) < 4.78 is 85.3. The standard InChI is InChI=1S/C18H24F6O2/c1-15(2,3)11-7-14(26-10-18(22,23)24)12(16(4,5)6)8-13(11)25-9-17(19,20)21/h7-8H,9-10H2,1-6H3. The Morgan fingerprint density at radius 3 is 1.08 bits per heavy atom. The predicted molar refractivity (Wildman–Crippen MR) is 86.9 cm³/mol. The summed E-state index contributed by atoms with van der Waals surface area (Å²) >= 11 is 0. The van der Waals surface area contributed by atoms with Crippen LogP contribution in [0.25, 0.3) is 0 Å². The summed E-state index contributed by atoms with van der Waals surface area (Å²) in [5.41, 5.74) is -0.639. The second kappa shape index (κ2) is 7.19. The molecule has 0 aliphatic heterocycles. The van der Waals surface area contributed by atoms with Gasteiger partial charge in [-0.1, -0.05) is 41.5 Å². The van der Waals surface area contributed by atoms with Crippen molar-refractivity contribution in [3.63, 3.8) is 0 Å². The van der Waals surface area contributed by atoms with Crippen LogP contribution < -0.4 is 9.47 Å². The molecule has 0 saturated heterocycles. The van der Waals surface area contributed by atoms with Crippen molar-refractivity contribution in [2.75, 3.05) is 13.2 Å². The second-order valence-electron chi connectivity index (χ2n) is 8.15. The van der Waals surface area contributed by atoms with Gasteiger partial charge in [0.25, 0.3) is 0 Å². The van der Waals surface area contributed by atoms with E-state index in [1.54, 1.807) is 41.5 Å². The summed E-state index contributed by atoms with van der Waals surface area (Å²) in [5.74, 6) is -0.0294. The lowest BCUT2D eigenvalue weighted by molar-refractivity contribution is -0.154. The maximum absolute atomic E-state index is 12.6. The van der Waals surface area contributed by atoms with E-state index in [2.05, 4.69) is 0 Å². The molecule has 0 radical (unpaired) electrons. The second-order valence-corrected chi connectivity index (χ2v) is 8.15. The largest absolute Gasteiger partial charge is 0.484 e. The molecule has 0 fully saturated rings. The summed E-state index contributed by atoms with van der Waals surface area (Å²) in [6.45, 7) is 7.41. The van der Waals surface area contributed by atoms with Crippen LogP contribution in [0, 0.1) is 0 Å². The van der Waals surface area contributed by atoms with E-state index < -0.39 is 36.4 Å². The molecule has 1 aromatic carbocycles. The van der Waals surface area contributed by atoms with Crippen LogP contribution in [-0.4, -0.2) is 25.6 Å². The maximum Gasteiger partial charge on any atom is 0.422 e. The van der Waals surface area contributed by atoms with Gasteiger partial charge in [0.15, 0.2) is 13.2 Å². The Bertz CT molecular complexity index is 563. The Hall–Kier alpha value is -1.60. The molecule has 150 valence electrons. The fourth-order valence-corrected chi connectivity index (χ4v) is 2.29. The lowest BCUT2D eigenvalue weighted by Crippen LogP contribution is -2.24. The van der Waals surface area contributed by atoms with E-state index in [9.17, 15) is 26.3 Å². The summed E-state index contributed by atoms with van der Waals surface area (Å²) in [6.07, 6.45) is -9.05. The molecule has 0 aliphatic rings. The molecule has 0 unspecified atom stereocenters. The minimum absolute atomic E-state index is 0.0147. The molecule has 0 aliphatic carbocycles. The third-order valence-electron chi connectivity index (χ3n) is 3.48. The molecule has 2 nitrogen and oxygen atoms in total. The van der Waals surface area contributed by atoms with E-state index in [1.807, 2.05) is 0 Å². The van der Waals surface area contributed by atoms with E-state index in [-0.39, 0.29) is 11.5 Å². The minimum Gasteiger partial charge on any atom is -0.484 e. The smallest absolute Gasteiger partial charge is 0.422 e. The molecule has 0 bridgehead atoms. The van der Waals surface area contributed by atoms with Gasteiger partial charge >= 0.3 is 12.4 Å². The highest BCUT2D eigenvalue weighted by Gasteiger charge is 2.33. The first-order valence-corrected chi connectivity index (χ1v) is 7.98. The van der Waals surface area contributed by atoms with Crippen molar-refractivity contribution < 1.29 is 35.8 Å². The molecule has 26 heavy (non-hydrogen) atoms. The third-order valence-corrected chi connectivity index (χ3v) is 3.48. The van der Waals surface area contributed by atoms with Crippen molar-refractivity contribution in [3.8, 4) is 11.5 Å². The number of hydrogen-bond donors (Lipinski definition) is 0. The third kappa shape index (κ3) is 6.96. The van der Waals surface area contributed by atoms with Gasteiger partial charge in [-0.05, 0) is 23.0 Å². The molecule has 1 rings (SSSR count). The van der Waals surface area contributed by atoms with Crippen molar-refractivity contribution in [2.24, 2.45) is 0 Å². The lowest BCUT2D eigenvalue weighted by Gasteiger charge is -2.29. The van der Waals surface area contributed by atoms with Gasteiger partial charge in [-0.2, -0.15) is 26.3 Å². The van der Waals surface area contributed by atoms with E-state index >= 15 is 0 Å². The number of benzene rings is 1. The molecule has 0 N–H and O–H groups in total. The average molecular weight is 386 g/mol. The fourth-order valence-electron chi connectivity index (χ4n) is 2.29. The molecule has 0 saturated carbocycles.